The predicted octanol–water partition coefficient (Wildman–Crippen LogP) is 2.87. The van der Waals surface area contributed by atoms with Crippen molar-refractivity contribution in [2.24, 2.45) is 0 Å². The summed E-state index contributed by atoms with van der Waals surface area (Å²) in [6, 6.07) is 6.63. The number of hydrogen-bond donors (Lipinski definition) is 1. The number of fused-ring (bicyclic) bond motifs is 1. The van der Waals surface area contributed by atoms with Crippen LogP contribution >= 0.6 is 0 Å². The van der Waals surface area contributed by atoms with Crippen LogP contribution in [-0.2, 0) is 26.5 Å². The van der Waals surface area contributed by atoms with Crippen LogP contribution in [-0.4, -0.2) is 29.1 Å². The molecule has 0 amide bonds. The van der Waals surface area contributed by atoms with Crippen LogP contribution in [0.15, 0.2) is 41.3 Å². The summed E-state index contributed by atoms with van der Waals surface area (Å²) in [5, 5.41) is 0. The predicted molar refractivity (Wildman–Crippen MR) is 98.7 cm³/mol. The van der Waals surface area contributed by atoms with E-state index in [0.29, 0.717) is 31.1 Å². The van der Waals surface area contributed by atoms with Gasteiger partial charge in [-0.25, -0.2) is 25.6 Å². The Bertz CT molecular complexity index is 1090. The summed E-state index contributed by atoms with van der Waals surface area (Å²) in [5.74, 6) is -2.06. The van der Waals surface area contributed by atoms with Gasteiger partial charge in [-0.3, -0.25) is 9.03 Å². The molecule has 0 unspecified atom stereocenters. The highest BCUT2D eigenvalue weighted by Crippen LogP contribution is 2.33. The van der Waals surface area contributed by atoms with Gasteiger partial charge in [0.15, 0.2) is 0 Å². The Morgan fingerprint density at radius 1 is 1.07 bits per heavy atom. The van der Waals surface area contributed by atoms with Gasteiger partial charge in [-0.15, -0.1) is 0 Å². The summed E-state index contributed by atoms with van der Waals surface area (Å²) in [7, 11) is -7.90. The van der Waals surface area contributed by atoms with Crippen molar-refractivity contribution in [3.63, 3.8) is 0 Å². The minimum Gasteiger partial charge on any atom is -0.279 e. The average molecular weight is 416 g/mol. The molecular weight excluding hydrogens is 398 g/mol. The normalized spacial score (nSPS) is 14.7. The van der Waals surface area contributed by atoms with Gasteiger partial charge in [0.25, 0.3) is 10.0 Å². The smallest absolute Gasteiger partial charge is 0.264 e. The first-order valence-electron chi connectivity index (χ1n) is 8.25. The highest BCUT2D eigenvalue weighted by molar-refractivity contribution is 7.93. The van der Waals surface area contributed by atoms with Crippen molar-refractivity contribution in [2.75, 3.05) is 21.3 Å². The van der Waals surface area contributed by atoms with Gasteiger partial charge in [0.2, 0.25) is 10.0 Å². The molecule has 0 spiro atoms. The zero-order valence-corrected chi connectivity index (χ0v) is 16.1. The second kappa shape index (κ2) is 7.08. The van der Waals surface area contributed by atoms with E-state index < -0.39 is 36.6 Å². The van der Waals surface area contributed by atoms with Gasteiger partial charge in [0.05, 0.1) is 17.1 Å². The van der Waals surface area contributed by atoms with Gasteiger partial charge in [0.1, 0.15) is 16.5 Å². The van der Waals surface area contributed by atoms with E-state index in [1.165, 1.54) is 23.4 Å². The van der Waals surface area contributed by atoms with Crippen LogP contribution in [0.3, 0.4) is 0 Å². The average Bonchev–Trinajstić information content (AvgIpc) is 2.62. The van der Waals surface area contributed by atoms with E-state index in [9.17, 15) is 25.6 Å². The van der Waals surface area contributed by atoms with Gasteiger partial charge < -0.3 is 0 Å². The van der Waals surface area contributed by atoms with Crippen molar-refractivity contribution in [3.8, 4) is 0 Å². The molecule has 0 atom stereocenters. The molecule has 2 aromatic carbocycles. The van der Waals surface area contributed by atoms with Gasteiger partial charge in [-0.2, -0.15) is 0 Å². The largest absolute Gasteiger partial charge is 0.279 e. The Morgan fingerprint density at radius 3 is 2.52 bits per heavy atom. The molecule has 0 bridgehead atoms. The maximum Gasteiger partial charge on any atom is 0.264 e. The molecule has 10 heteroatoms. The zero-order valence-electron chi connectivity index (χ0n) is 14.4. The highest BCUT2D eigenvalue weighted by Gasteiger charge is 2.27. The first-order chi connectivity index (χ1) is 12.6. The minimum absolute atomic E-state index is 0.0654. The number of hydrogen-bond acceptors (Lipinski definition) is 4. The van der Waals surface area contributed by atoms with Crippen LogP contribution in [0.25, 0.3) is 0 Å². The quantitative estimate of drug-likeness (QED) is 0.812. The van der Waals surface area contributed by atoms with Gasteiger partial charge in [-0.05, 0) is 55.7 Å². The lowest BCUT2D eigenvalue weighted by Crippen LogP contribution is -2.36. The van der Waals surface area contributed by atoms with Crippen LogP contribution in [0.4, 0.5) is 20.2 Å². The first-order valence-corrected chi connectivity index (χ1v) is 11.3. The van der Waals surface area contributed by atoms with Crippen molar-refractivity contribution in [2.45, 2.75) is 24.7 Å². The van der Waals surface area contributed by atoms with Gasteiger partial charge in [-0.1, -0.05) is 6.07 Å². The fourth-order valence-electron chi connectivity index (χ4n) is 2.94. The number of halogens is 2. The third-order valence-electron chi connectivity index (χ3n) is 4.30. The lowest BCUT2D eigenvalue weighted by molar-refractivity contribution is 0.555. The van der Waals surface area contributed by atoms with E-state index in [-0.39, 0.29) is 11.4 Å². The molecule has 0 saturated heterocycles. The van der Waals surface area contributed by atoms with Crippen molar-refractivity contribution in [1.82, 2.24) is 0 Å². The monoisotopic (exact) mass is 416 g/mol. The summed E-state index contributed by atoms with van der Waals surface area (Å²) in [6.07, 6.45) is 1.32. The number of anilines is 2. The van der Waals surface area contributed by atoms with E-state index in [0.717, 1.165) is 17.7 Å². The number of rotatable bonds is 5. The lowest BCUT2D eigenvalue weighted by atomic mass is 10.0. The molecular formula is C17H18F2N2O4S2. The lowest BCUT2D eigenvalue weighted by Gasteiger charge is -2.30. The van der Waals surface area contributed by atoms with Crippen LogP contribution < -0.4 is 9.03 Å². The van der Waals surface area contributed by atoms with E-state index in [1.807, 2.05) is 0 Å². The van der Waals surface area contributed by atoms with Crippen molar-refractivity contribution in [1.29, 1.82) is 0 Å². The van der Waals surface area contributed by atoms with Crippen molar-refractivity contribution >= 4 is 31.4 Å². The second-order valence-corrected chi connectivity index (χ2v) is 9.93. The molecule has 1 aliphatic rings. The maximum atomic E-state index is 13.8. The molecule has 6 nitrogen and oxygen atoms in total. The standard InChI is InChI=1S/C17H18F2N2O4S2/c1-2-26(22,23)21-9-3-4-12-5-7-14(11-16(12)21)20-27(24,25)17-10-13(18)6-8-15(17)19/h5-8,10-11,20H,2-4,9H2,1H3. The van der Waals surface area contributed by atoms with E-state index >= 15 is 0 Å². The first kappa shape index (κ1) is 19.6. The van der Waals surface area contributed by atoms with E-state index in [2.05, 4.69) is 4.72 Å². The molecule has 0 aliphatic carbocycles. The summed E-state index contributed by atoms with van der Waals surface area (Å²) in [4.78, 5) is -0.821. The molecule has 0 fully saturated rings. The summed E-state index contributed by atoms with van der Waals surface area (Å²) < 4.78 is 80.1. The van der Waals surface area contributed by atoms with Gasteiger partial charge in [0, 0.05) is 6.54 Å². The third-order valence-corrected chi connectivity index (χ3v) is 7.47. The Morgan fingerprint density at radius 2 is 1.81 bits per heavy atom. The molecule has 1 aliphatic heterocycles. The molecule has 27 heavy (non-hydrogen) atoms. The Kier molecular flexibility index (Phi) is 5.13. The maximum absolute atomic E-state index is 13.8. The van der Waals surface area contributed by atoms with Crippen molar-refractivity contribution < 1.29 is 25.6 Å². The third kappa shape index (κ3) is 3.91. The zero-order chi connectivity index (χ0) is 19.8. The van der Waals surface area contributed by atoms with E-state index in [1.54, 1.807) is 6.07 Å². The fourth-order valence-corrected chi connectivity index (χ4v) is 5.27. The van der Waals surface area contributed by atoms with Gasteiger partial charge >= 0.3 is 0 Å². The van der Waals surface area contributed by atoms with Crippen LogP contribution in [0, 0.1) is 11.6 Å². The summed E-state index contributed by atoms with van der Waals surface area (Å²) in [6.45, 7) is 1.83. The molecule has 0 aromatic heterocycles. The fraction of sp³-hybridized carbons (Fsp3) is 0.294. The van der Waals surface area contributed by atoms with Crippen molar-refractivity contribution in [3.05, 3.63) is 53.6 Å². The van der Waals surface area contributed by atoms with Crippen LogP contribution in [0.5, 0.6) is 0 Å². The number of benzene rings is 2. The number of nitrogens with zero attached hydrogens (tertiary/aromatic N) is 1. The molecule has 146 valence electrons. The van der Waals surface area contributed by atoms with Crippen LogP contribution in [0.1, 0.15) is 18.9 Å². The topological polar surface area (TPSA) is 83.6 Å². The molecule has 1 heterocycles. The second-order valence-electron chi connectivity index (χ2n) is 6.10. The molecule has 3 rings (SSSR count). The Balaban J connectivity index is 2.00. The minimum atomic E-state index is -4.38. The molecule has 0 radical (unpaired) electrons. The van der Waals surface area contributed by atoms with E-state index in [4.69, 9.17) is 0 Å². The Hall–Kier alpha value is -2.20. The molecule has 2 aromatic rings. The number of nitrogens with one attached hydrogen (secondary N) is 1. The summed E-state index contributed by atoms with van der Waals surface area (Å²) in [5.41, 5.74) is 1.23. The van der Waals surface area contributed by atoms with Crippen LogP contribution in [0.2, 0.25) is 0 Å². The highest BCUT2D eigenvalue weighted by atomic mass is 32.2. The Labute approximate surface area is 156 Å². The summed E-state index contributed by atoms with van der Waals surface area (Å²) >= 11 is 0. The molecule has 0 saturated carbocycles. The molecule has 1 N–H and O–H groups in total. The number of sulfonamides is 2. The number of aryl methyl sites for hydroxylation is 1. The SMILES string of the molecule is CCS(=O)(=O)N1CCCc2ccc(NS(=O)(=O)c3cc(F)ccc3F)cc21.